The molecule has 7 nitrogen and oxygen atoms in total. The second-order valence-electron chi connectivity index (χ2n) is 7.01. The highest BCUT2D eigenvalue weighted by Crippen LogP contribution is 2.27. The number of methoxy groups -OCH3 is 2. The van der Waals surface area contributed by atoms with E-state index in [1.165, 1.54) is 5.56 Å². The molecule has 0 heterocycles. The van der Waals surface area contributed by atoms with E-state index in [0.29, 0.717) is 5.56 Å². The summed E-state index contributed by atoms with van der Waals surface area (Å²) < 4.78 is 10.7. The largest absolute Gasteiger partial charge is 0.493 e. The lowest BCUT2D eigenvalue weighted by Gasteiger charge is -2.12. The third-order valence-electron chi connectivity index (χ3n) is 4.81. The number of aliphatic imine (C=N–C) groups is 1. The summed E-state index contributed by atoms with van der Waals surface area (Å²) in [6.45, 7) is 4.30. The van der Waals surface area contributed by atoms with E-state index in [9.17, 15) is 4.79 Å². The van der Waals surface area contributed by atoms with Crippen LogP contribution in [0.15, 0.2) is 47.5 Å². The highest BCUT2D eigenvalue weighted by atomic mass is 127. The van der Waals surface area contributed by atoms with E-state index in [1.807, 2.05) is 43.3 Å². The molecule has 3 N–H and O–H groups in total. The van der Waals surface area contributed by atoms with Crippen molar-refractivity contribution in [3.63, 3.8) is 0 Å². The Morgan fingerprint density at radius 2 is 1.72 bits per heavy atom. The monoisotopic (exact) mass is 554 g/mol. The van der Waals surface area contributed by atoms with Gasteiger partial charge in [0.05, 0.1) is 14.2 Å². The number of nitrogens with one attached hydrogen (secondary N) is 3. The molecule has 0 fully saturated rings. The number of ether oxygens (including phenoxy) is 2. The molecule has 0 unspecified atom stereocenters. The molecule has 176 valence electrons. The summed E-state index contributed by atoms with van der Waals surface area (Å²) in [4.78, 5) is 16.5. The number of rotatable bonds is 11. The molecule has 2 rings (SSSR count). The van der Waals surface area contributed by atoms with Crippen LogP contribution in [-0.2, 0) is 12.8 Å². The summed E-state index contributed by atoms with van der Waals surface area (Å²) in [7, 11) is 4.93. The molecule has 0 bridgehead atoms. The normalized spacial score (nSPS) is 10.7. The SMILES string of the molecule is CCNC(=NCCCc1ccc(OC)c(OC)c1)NCCc1cccc(C(=O)NC)c1.I. The van der Waals surface area contributed by atoms with Crippen LogP contribution in [0.1, 0.15) is 34.8 Å². The Balaban J connectivity index is 0.00000512. The number of hydrogen-bond acceptors (Lipinski definition) is 4. The van der Waals surface area contributed by atoms with Crippen LogP contribution < -0.4 is 25.4 Å². The van der Waals surface area contributed by atoms with Gasteiger partial charge in [0.2, 0.25) is 0 Å². The van der Waals surface area contributed by atoms with E-state index in [-0.39, 0.29) is 29.9 Å². The van der Waals surface area contributed by atoms with Gasteiger partial charge >= 0.3 is 0 Å². The first kappa shape index (κ1) is 27.5. The number of hydrogen-bond donors (Lipinski definition) is 3. The van der Waals surface area contributed by atoms with E-state index in [2.05, 4.69) is 27.0 Å². The lowest BCUT2D eigenvalue weighted by atomic mass is 10.1. The Morgan fingerprint density at radius 1 is 0.969 bits per heavy atom. The first-order valence-electron chi connectivity index (χ1n) is 10.6. The average Bonchev–Trinajstić information content (AvgIpc) is 2.81. The van der Waals surface area contributed by atoms with Crippen LogP contribution in [0.2, 0.25) is 0 Å². The lowest BCUT2D eigenvalue weighted by molar-refractivity contribution is 0.0963. The van der Waals surface area contributed by atoms with Crippen LogP contribution >= 0.6 is 24.0 Å². The molecule has 0 aromatic heterocycles. The molecular formula is C24H35IN4O3. The van der Waals surface area contributed by atoms with Crippen molar-refractivity contribution in [1.29, 1.82) is 0 Å². The Kier molecular flexibility index (Phi) is 13.2. The van der Waals surface area contributed by atoms with Gasteiger partial charge < -0.3 is 25.4 Å². The van der Waals surface area contributed by atoms with E-state index in [4.69, 9.17) is 9.47 Å². The molecule has 2 aromatic rings. The second-order valence-corrected chi connectivity index (χ2v) is 7.01. The zero-order valence-electron chi connectivity index (χ0n) is 19.4. The molecule has 0 aliphatic rings. The second kappa shape index (κ2) is 15.3. The van der Waals surface area contributed by atoms with Gasteiger partial charge in [-0.3, -0.25) is 9.79 Å². The first-order valence-corrected chi connectivity index (χ1v) is 10.6. The molecule has 0 radical (unpaired) electrons. The molecule has 2 aromatic carbocycles. The average molecular weight is 554 g/mol. The molecule has 0 aliphatic heterocycles. The maximum Gasteiger partial charge on any atom is 0.251 e. The van der Waals surface area contributed by atoms with Gasteiger partial charge in [-0.15, -0.1) is 24.0 Å². The molecule has 0 saturated heterocycles. The van der Waals surface area contributed by atoms with E-state index < -0.39 is 0 Å². The molecule has 8 heteroatoms. The van der Waals surface area contributed by atoms with Crippen molar-refractivity contribution in [3.8, 4) is 11.5 Å². The van der Waals surface area contributed by atoms with Gasteiger partial charge in [-0.2, -0.15) is 0 Å². The maximum atomic E-state index is 11.8. The summed E-state index contributed by atoms with van der Waals surface area (Å²) in [6.07, 6.45) is 2.65. The van der Waals surface area contributed by atoms with Crippen LogP contribution in [-0.4, -0.2) is 52.8 Å². The fourth-order valence-electron chi connectivity index (χ4n) is 3.19. The minimum absolute atomic E-state index is 0. The van der Waals surface area contributed by atoms with Gasteiger partial charge in [-0.1, -0.05) is 18.2 Å². The van der Waals surface area contributed by atoms with Crippen molar-refractivity contribution in [2.75, 3.05) is 40.9 Å². The number of halogens is 1. The molecule has 0 aliphatic carbocycles. The van der Waals surface area contributed by atoms with Gasteiger partial charge in [0.15, 0.2) is 17.5 Å². The lowest BCUT2D eigenvalue weighted by Crippen LogP contribution is -2.38. The number of carbonyl (C=O) groups excluding carboxylic acids is 1. The van der Waals surface area contributed by atoms with Gasteiger partial charge in [-0.25, -0.2) is 0 Å². The van der Waals surface area contributed by atoms with Crippen LogP contribution in [0.25, 0.3) is 0 Å². The van der Waals surface area contributed by atoms with Gasteiger partial charge in [0.25, 0.3) is 5.91 Å². The van der Waals surface area contributed by atoms with E-state index in [0.717, 1.165) is 61.9 Å². The topological polar surface area (TPSA) is 84.0 Å². The van der Waals surface area contributed by atoms with Gasteiger partial charge in [0.1, 0.15) is 0 Å². The molecule has 0 saturated carbocycles. The van der Waals surface area contributed by atoms with Crippen LogP contribution in [0.3, 0.4) is 0 Å². The molecular weight excluding hydrogens is 519 g/mol. The third kappa shape index (κ3) is 8.94. The van der Waals surface area contributed by atoms with Crippen molar-refractivity contribution in [3.05, 3.63) is 59.2 Å². The quantitative estimate of drug-likeness (QED) is 0.172. The standard InChI is InChI=1S/C24H34N4O3.HI/c1-5-26-24(28-15-13-19-8-6-10-20(16-19)23(29)25-2)27-14-7-9-18-11-12-21(30-3)22(17-18)31-4;/h6,8,10-12,16-17H,5,7,9,13-15H2,1-4H3,(H,25,29)(H2,26,27,28);1H. The number of carbonyl (C=O) groups is 1. The fourth-order valence-corrected chi connectivity index (χ4v) is 3.19. The predicted molar refractivity (Wildman–Crippen MR) is 141 cm³/mol. The molecule has 0 atom stereocenters. The number of aryl methyl sites for hydroxylation is 1. The summed E-state index contributed by atoms with van der Waals surface area (Å²) in [5.41, 5.74) is 2.98. The Bertz CT molecular complexity index is 874. The predicted octanol–water partition coefficient (Wildman–Crippen LogP) is 3.41. The van der Waals surface area contributed by atoms with Crippen LogP contribution in [0.5, 0.6) is 11.5 Å². The molecule has 1 amide bonds. The summed E-state index contributed by atoms with van der Waals surface area (Å²) in [6, 6.07) is 13.7. The summed E-state index contributed by atoms with van der Waals surface area (Å²) in [5.74, 6) is 2.22. The van der Waals surface area contributed by atoms with Gasteiger partial charge in [0, 0.05) is 32.2 Å². The summed E-state index contributed by atoms with van der Waals surface area (Å²) >= 11 is 0. The maximum absolute atomic E-state index is 11.8. The fraction of sp³-hybridized carbons (Fsp3) is 0.417. The van der Waals surface area contributed by atoms with Gasteiger partial charge in [-0.05, 0) is 61.6 Å². The summed E-state index contributed by atoms with van der Waals surface area (Å²) in [5, 5.41) is 9.30. The van der Waals surface area contributed by atoms with E-state index >= 15 is 0 Å². The Hall–Kier alpha value is -2.49. The highest BCUT2D eigenvalue weighted by Gasteiger charge is 2.05. The zero-order valence-corrected chi connectivity index (χ0v) is 21.7. The first-order chi connectivity index (χ1) is 15.1. The third-order valence-corrected chi connectivity index (χ3v) is 4.81. The van der Waals surface area contributed by atoms with E-state index in [1.54, 1.807) is 21.3 Å². The van der Waals surface area contributed by atoms with Crippen molar-refractivity contribution in [1.82, 2.24) is 16.0 Å². The van der Waals surface area contributed by atoms with Crippen LogP contribution in [0, 0.1) is 0 Å². The van der Waals surface area contributed by atoms with Crippen molar-refractivity contribution in [2.45, 2.75) is 26.2 Å². The Labute approximate surface area is 208 Å². The minimum atomic E-state index is -0.0702. The molecule has 0 spiro atoms. The van der Waals surface area contributed by atoms with Crippen molar-refractivity contribution in [2.24, 2.45) is 4.99 Å². The number of benzene rings is 2. The van der Waals surface area contributed by atoms with Crippen LogP contribution in [0.4, 0.5) is 0 Å². The number of guanidine groups is 1. The number of nitrogens with zero attached hydrogens (tertiary/aromatic N) is 1. The smallest absolute Gasteiger partial charge is 0.251 e. The highest BCUT2D eigenvalue weighted by molar-refractivity contribution is 14.0. The number of amides is 1. The minimum Gasteiger partial charge on any atom is -0.493 e. The zero-order chi connectivity index (χ0) is 22.5. The Morgan fingerprint density at radius 3 is 2.41 bits per heavy atom. The van der Waals surface area contributed by atoms with Crippen molar-refractivity contribution >= 4 is 35.8 Å². The molecule has 32 heavy (non-hydrogen) atoms. The van der Waals surface area contributed by atoms with Crippen molar-refractivity contribution < 1.29 is 14.3 Å².